The highest BCUT2D eigenvalue weighted by molar-refractivity contribution is 5.96. The van der Waals surface area contributed by atoms with Crippen molar-refractivity contribution in [1.29, 1.82) is 0 Å². The molecule has 27 heavy (non-hydrogen) atoms. The second-order valence-electron chi connectivity index (χ2n) is 8.10. The lowest BCUT2D eigenvalue weighted by Crippen LogP contribution is -2.42. The molecule has 1 heterocycles. The maximum Gasteiger partial charge on any atom is 0.231 e. The molecule has 4 N–H and O–H groups in total. The number of rotatable bonds is 6. The fourth-order valence-electron chi connectivity index (χ4n) is 3.92. The van der Waals surface area contributed by atoms with E-state index in [1.165, 1.54) is 45.3 Å². The molecule has 1 aliphatic heterocycles. The minimum atomic E-state index is -0.143. The zero-order valence-electron chi connectivity index (χ0n) is 15.9. The number of para-hydroxylation sites is 2. The summed E-state index contributed by atoms with van der Waals surface area (Å²) in [5.74, 6) is 0.830. The van der Waals surface area contributed by atoms with Crippen LogP contribution in [-0.2, 0) is 4.79 Å². The summed E-state index contributed by atoms with van der Waals surface area (Å²) < 4.78 is 0. The van der Waals surface area contributed by atoms with E-state index in [0.717, 1.165) is 18.0 Å². The van der Waals surface area contributed by atoms with Crippen LogP contribution in [-0.4, -0.2) is 36.5 Å². The smallest absolute Gasteiger partial charge is 0.231 e. The van der Waals surface area contributed by atoms with E-state index in [4.69, 9.17) is 5.73 Å². The Balaban J connectivity index is 1.22. The Hall–Kier alpha value is -2.27. The van der Waals surface area contributed by atoms with Gasteiger partial charge in [0.05, 0.1) is 17.3 Å². The summed E-state index contributed by atoms with van der Waals surface area (Å²) in [6.07, 6.45) is 12.2. The SMILES string of the molecule is Nc1ccccc1NC(=O)C1C=CC(NC2CCN(CC3CC3)CC2)=CC1. The monoisotopic (exact) mass is 366 g/mol. The van der Waals surface area contributed by atoms with Crippen LogP contribution in [0.3, 0.4) is 0 Å². The molecule has 3 aliphatic rings. The molecule has 1 saturated carbocycles. The first kappa shape index (κ1) is 18.1. The largest absolute Gasteiger partial charge is 0.397 e. The topological polar surface area (TPSA) is 70.4 Å². The second-order valence-corrected chi connectivity index (χ2v) is 8.10. The Morgan fingerprint density at radius 2 is 1.93 bits per heavy atom. The van der Waals surface area contributed by atoms with Crippen molar-refractivity contribution in [3.05, 3.63) is 48.2 Å². The predicted molar refractivity (Wildman–Crippen MR) is 110 cm³/mol. The molecule has 5 heteroatoms. The number of nitrogens with two attached hydrogens (primary N) is 1. The quantitative estimate of drug-likeness (QED) is 0.677. The first-order valence-electron chi connectivity index (χ1n) is 10.2. The van der Waals surface area contributed by atoms with Gasteiger partial charge in [0, 0.05) is 31.4 Å². The summed E-state index contributed by atoms with van der Waals surface area (Å²) in [5, 5.41) is 6.59. The molecule has 1 amide bonds. The van der Waals surface area contributed by atoms with Gasteiger partial charge in [0.2, 0.25) is 5.91 Å². The first-order valence-corrected chi connectivity index (χ1v) is 10.2. The first-order chi connectivity index (χ1) is 13.2. The van der Waals surface area contributed by atoms with Crippen molar-refractivity contribution in [3.8, 4) is 0 Å². The number of hydrogen-bond donors (Lipinski definition) is 3. The molecule has 1 atom stereocenters. The highest BCUT2D eigenvalue weighted by Gasteiger charge is 2.27. The van der Waals surface area contributed by atoms with Gasteiger partial charge in [-0.25, -0.2) is 0 Å². The number of nitrogen functional groups attached to an aromatic ring is 1. The molecule has 2 aliphatic carbocycles. The van der Waals surface area contributed by atoms with Crippen molar-refractivity contribution in [2.45, 2.75) is 38.1 Å². The van der Waals surface area contributed by atoms with Gasteiger partial charge >= 0.3 is 0 Å². The second kappa shape index (κ2) is 8.17. The molecule has 4 rings (SSSR count). The molecule has 144 valence electrons. The third kappa shape index (κ3) is 4.92. The Morgan fingerprint density at radius 3 is 2.59 bits per heavy atom. The summed E-state index contributed by atoms with van der Waals surface area (Å²) in [6.45, 7) is 3.71. The van der Waals surface area contributed by atoms with Crippen molar-refractivity contribution >= 4 is 17.3 Å². The van der Waals surface area contributed by atoms with E-state index < -0.39 is 0 Å². The molecule has 1 aromatic carbocycles. The highest BCUT2D eigenvalue weighted by Crippen LogP contribution is 2.30. The van der Waals surface area contributed by atoms with E-state index >= 15 is 0 Å². The molecule has 0 radical (unpaired) electrons. The van der Waals surface area contributed by atoms with Crippen LogP contribution in [0.2, 0.25) is 0 Å². The molecule has 0 spiro atoms. The molecule has 1 saturated heterocycles. The van der Waals surface area contributed by atoms with Gasteiger partial charge in [0.25, 0.3) is 0 Å². The Morgan fingerprint density at radius 1 is 1.15 bits per heavy atom. The average Bonchev–Trinajstić information content (AvgIpc) is 3.50. The fraction of sp³-hybridized carbons (Fsp3) is 0.500. The molecule has 5 nitrogen and oxygen atoms in total. The standard InChI is InChI=1S/C22H30N4O/c23-20-3-1-2-4-21(20)25-22(27)17-7-9-18(10-8-17)24-19-11-13-26(14-12-19)15-16-5-6-16/h1-4,7,9-10,16-17,19,24H,5-6,8,11-15,23H2,(H,25,27). The van der Waals surface area contributed by atoms with Crippen LogP contribution < -0.4 is 16.4 Å². The highest BCUT2D eigenvalue weighted by atomic mass is 16.1. The zero-order valence-corrected chi connectivity index (χ0v) is 15.9. The number of nitrogens with zero attached hydrogens (tertiary/aromatic N) is 1. The molecule has 1 unspecified atom stereocenters. The van der Waals surface area contributed by atoms with E-state index in [2.05, 4.69) is 27.7 Å². The minimum absolute atomic E-state index is 0.00664. The summed E-state index contributed by atoms with van der Waals surface area (Å²) in [4.78, 5) is 15.1. The predicted octanol–water partition coefficient (Wildman–Crippen LogP) is 3.13. The Kier molecular flexibility index (Phi) is 5.48. The van der Waals surface area contributed by atoms with Gasteiger partial charge in [-0.15, -0.1) is 0 Å². The van der Waals surface area contributed by atoms with Crippen LogP contribution >= 0.6 is 0 Å². The van der Waals surface area contributed by atoms with Crippen molar-refractivity contribution in [2.75, 3.05) is 30.7 Å². The van der Waals surface area contributed by atoms with Gasteiger partial charge < -0.3 is 21.3 Å². The summed E-state index contributed by atoms with van der Waals surface area (Å²) >= 11 is 0. The molecular weight excluding hydrogens is 336 g/mol. The van der Waals surface area contributed by atoms with Crippen LogP contribution in [0, 0.1) is 11.8 Å². The van der Waals surface area contributed by atoms with E-state index in [0.29, 0.717) is 17.4 Å². The van der Waals surface area contributed by atoms with Crippen molar-refractivity contribution in [2.24, 2.45) is 11.8 Å². The lowest BCUT2D eigenvalue weighted by atomic mass is 9.97. The third-order valence-corrected chi connectivity index (χ3v) is 5.83. The summed E-state index contributed by atoms with van der Waals surface area (Å²) in [6, 6.07) is 7.91. The lowest BCUT2D eigenvalue weighted by molar-refractivity contribution is -0.118. The number of nitrogens with one attached hydrogen (secondary N) is 2. The molecule has 0 bridgehead atoms. The van der Waals surface area contributed by atoms with E-state index in [9.17, 15) is 4.79 Å². The number of allylic oxidation sites excluding steroid dienone is 2. The molecule has 1 aromatic rings. The lowest BCUT2D eigenvalue weighted by Gasteiger charge is -2.33. The minimum Gasteiger partial charge on any atom is -0.397 e. The van der Waals surface area contributed by atoms with E-state index in [1.807, 2.05) is 24.3 Å². The number of anilines is 2. The van der Waals surface area contributed by atoms with Crippen LogP contribution in [0.1, 0.15) is 32.1 Å². The molecule has 2 fully saturated rings. The zero-order chi connectivity index (χ0) is 18.6. The maximum atomic E-state index is 12.5. The average molecular weight is 367 g/mol. The number of hydrogen-bond acceptors (Lipinski definition) is 4. The number of likely N-dealkylation sites (tertiary alicyclic amines) is 1. The van der Waals surface area contributed by atoms with Gasteiger partial charge in [-0.05, 0) is 56.2 Å². The number of amides is 1. The maximum absolute atomic E-state index is 12.5. The number of piperidine rings is 1. The van der Waals surface area contributed by atoms with Gasteiger partial charge in [-0.1, -0.05) is 24.3 Å². The molecule has 0 aromatic heterocycles. The molecular formula is C22H30N4O. The van der Waals surface area contributed by atoms with Crippen molar-refractivity contribution < 1.29 is 4.79 Å². The number of carbonyl (C=O) groups excluding carboxylic acids is 1. The van der Waals surface area contributed by atoms with Gasteiger partial charge in [-0.2, -0.15) is 0 Å². The van der Waals surface area contributed by atoms with Crippen LogP contribution in [0.15, 0.2) is 48.2 Å². The fourth-order valence-corrected chi connectivity index (χ4v) is 3.92. The van der Waals surface area contributed by atoms with Gasteiger partial charge in [0.1, 0.15) is 0 Å². The van der Waals surface area contributed by atoms with Crippen LogP contribution in [0.4, 0.5) is 11.4 Å². The van der Waals surface area contributed by atoms with Crippen molar-refractivity contribution in [3.63, 3.8) is 0 Å². The Bertz CT molecular complexity index is 730. The van der Waals surface area contributed by atoms with Crippen molar-refractivity contribution in [1.82, 2.24) is 10.2 Å². The summed E-state index contributed by atoms with van der Waals surface area (Å²) in [5.41, 5.74) is 8.33. The third-order valence-electron chi connectivity index (χ3n) is 5.83. The normalized spacial score (nSPS) is 23.7. The number of benzene rings is 1. The van der Waals surface area contributed by atoms with Gasteiger partial charge in [-0.3, -0.25) is 4.79 Å². The van der Waals surface area contributed by atoms with Gasteiger partial charge in [0.15, 0.2) is 0 Å². The summed E-state index contributed by atoms with van der Waals surface area (Å²) in [7, 11) is 0. The van der Waals surface area contributed by atoms with E-state index in [1.54, 1.807) is 6.07 Å². The van der Waals surface area contributed by atoms with Crippen LogP contribution in [0.25, 0.3) is 0 Å². The van der Waals surface area contributed by atoms with Crippen LogP contribution in [0.5, 0.6) is 0 Å². The van der Waals surface area contributed by atoms with E-state index in [-0.39, 0.29) is 11.8 Å². The number of carbonyl (C=O) groups is 1. The Labute approximate surface area is 161 Å².